The van der Waals surface area contributed by atoms with Crippen LogP contribution in [0.25, 0.3) is 0 Å². The summed E-state index contributed by atoms with van der Waals surface area (Å²) < 4.78 is 36.9. The molecule has 1 heterocycles. The van der Waals surface area contributed by atoms with Gasteiger partial charge in [-0.05, 0) is 45.1 Å². The molecule has 1 saturated heterocycles. The lowest BCUT2D eigenvalue weighted by atomic mass is 10.1. The third-order valence-electron chi connectivity index (χ3n) is 4.16. The average molecular weight is 343 g/mol. The monoisotopic (exact) mass is 343 g/mol. The van der Waals surface area contributed by atoms with Gasteiger partial charge in [0.2, 0.25) is 10.0 Å². The van der Waals surface area contributed by atoms with Gasteiger partial charge in [0, 0.05) is 19.1 Å². The fourth-order valence-electron chi connectivity index (χ4n) is 2.74. The van der Waals surface area contributed by atoms with Crippen molar-refractivity contribution in [2.24, 2.45) is 5.14 Å². The SMILES string of the molecule is CN(C)[C@H]1CCCCN(C(=O)c2cc(S(N)(=O)=O)ccc2F)C1. The lowest BCUT2D eigenvalue weighted by Crippen LogP contribution is -2.42. The van der Waals surface area contributed by atoms with Gasteiger partial charge >= 0.3 is 0 Å². The number of sulfonamides is 1. The minimum absolute atomic E-state index is 0.200. The van der Waals surface area contributed by atoms with E-state index in [1.54, 1.807) is 4.90 Å². The van der Waals surface area contributed by atoms with E-state index in [2.05, 4.69) is 0 Å². The third-order valence-corrected chi connectivity index (χ3v) is 5.07. The number of hydrogen-bond donors (Lipinski definition) is 1. The Morgan fingerprint density at radius 1 is 1.35 bits per heavy atom. The van der Waals surface area contributed by atoms with Crippen molar-refractivity contribution >= 4 is 15.9 Å². The molecule has 2 N–H and O–H groups in total. The summed E-state index contributed by atoms with van der Waals surface area (Å²) in [6.45, 7) is 1.02. The van der Waals surface area contributed by atoms with E-state index in [0.717, 1.165) is 37.5 Å². The Hall–Kier alpha value is -1.51. The number of likely N-dealkylation sites (tertiary alicyclic amines) is 1. The van der Waals surface area contributed by atoms with Crippen LogP contribution in [-0.4, -0.2) is 57.4 Å². The Morgan fingerprint density at radius 2 is 2.04 bits per heavy atom. The molecule has 1 aliphatic heterocycles. The molecule has 8 heteroatoms. The van der Waals surface area contributed by atoms with Crippen LogP contribution in [0.4, 0.5) is 4.39 Å². The number of rotatable bonds is 3. The predicted octanol–water partition coefficient (Wildman–Crippen LogP) is 1.03. The maximum atomic E-state index is 14.0. The predicted molar refractivity (Wildman–Crippen MR) is 85.0 cm³/mol. The topological polar surface area (TPSA) is 83.7 Å². The van der Waals surface area contributed by atoms with Crippen molar-refractivity contribution in [1.29, 1.82) is 0 Å². The molecule has 1 atom stereocenters. The Labute approximate surface area is 136 Å². The largest absolute Gasteiger partial charge is 0.337 e. The number of nitrogens with zero attached hydrogens (tertiary/aromatic N) is 2. The molecule has 0 spiro atoms. The molecule has 2 rings (SSSR count). The lowest BCUT2D eigenvalue weighted by molar-refractivity contribution is 0.0720. The molecule has 1 amide bonds. The second kappa shape index (κ2) is 6.94. The van der Waals surface area contributed by atoms with Crippen LogP contribution in [0.15, 0.2) is 23.1 Å². The molecule has 0 unspecified atom stereocenters. The number of benzene rings is 1. The smallest absolute Gasteiger partial charge is 0.256 e. The second-order valence-electron chi connectivity index (χ2n) is 6.05. The molecule has 0 aliphatic carbocycles. The molecule has 0 bridgehead atoms. The van der Waals surface area contributed by atoms with Gasteiger partial charge in [-0.1, -0.05) is 6.42 Å². The minimum atomic E-state index is -3.98. The van der Waals surface area contributed by atoms with Gasteiger partial charge in [0.25, 0.3) is 5.91 Å². The molecule has 0 aromatic heterocycles. The summed E-state index contributed by atoms with van der Waals surface area (Å²) in [6.07, 6.45) is 2.80. The van der Waals surface area contributed by atoms with Crippen LogP contribution in [-0.2, 0) is 10.0 Å². The summed E-state index contributed by atoms with van der Waals surface area (Å²) in [5, 5.41) is 5.06. The van der Waals surface area contributed by atoms with Crippen LogP contribution >= 0.6 is 0 Å². The summed E-state index contributed by atoms with van der Waals surface area (Å²) in [4.78, 5) is 16.0. The highest BCUT2D eigenvalue weighted by Gasteiger charge is 2.26. The Kier molecular flexibility index (Phi) is 5.38. The Bertz CT molecular complexity index is 691. The lowest BCUT2D eigenvalue weighted by Gasteiger charge is -2.28. The molecule has 0 saturated carbocycles. The van der Waals surface area contributed by atoms with Crippen molar-refractivity contribution in [3.05, 3.63) is 29.6 Å². The number of amides is 1. The molecule has 6 nitrogen and oxygen atoms in total. The van der Waals surface area contributed by atoms with Gasteiger partial charge in [0.05, 0.1) is 10.5 Å². The number of carbonyl (C=O) groups is 1. The van der Waals surface area contributed by atoms with Crippen molar-refractivity contribution in [2.45, 2.75) is 30.2 Å². The fourth-order valence-corrected chi connectivity index (χ4v) is 3.28. The minimum Gasteiger partial charge on any atom is -0.337 e. The summed E-state index contributed by atoms with van der Waals surface area (Å²) in [5.41, 5.74) is -0.254. The van der Waals surface area contributed by atoms with Crippen molar-refractivity contribution in [3.63, 3.8) is 0 Å². The van der Waals surface area contributed by atoms with Gasteiger partial charge in [-0.15, -0.1) is 0 Å². The zero-order valence-corrected chi connectivity index (χ0v) is 14.1. The highest BCUT2D eigenvalue weighted by atomic mass is 32.2. The highest BCUT2D eigenvalue weighted by Crippen LogP contribution is 2.20. The first-order chi connectivity index (χ1) is 10.7. The fraction of sp³-hybridized carbons (Fsp3) is 0.533. The number of halogens is 1. The van der Waals surface area contributed by atoms with Crippen molar-refractivity contribution in [2.75, 3.05) is 27.2 Å². The quantitative estimate of drug-likeness (QED) is 0.888. The molecule has 23 heavy (non-hydrogen) atoms. The average Bonchev–Trinajstić information content (AvgIpc) is 2.71. The molecular formula is C15H22FN3O3S. The first-order valence-electron chi connectivity index (χ1n) is 7.48. The van der Waals surface area contributed by atoms with Crippen molar-refractivity contribution < 1.29 is 17.6 Å². The maximum Gasteiger partial charge on any atom is 0.256 e. The van der Waals surface area contributed by atoms with Gasteiger partial charge in [0.15, 0.2) is 0 Å². The van der Waals surface area contributed by atoms with Crippen molar-refractivity contribution in [1.82, 2.24) is 9.80 Å². The molecular weight excluding hydrogens is 321 g/mol. The van der Waals surface area contributed by atoms with Crippen LogP contribution in [0, 0.1) is 5.82 Å². The van der Waals surface area contributed by atoms with Gasteiger partial charge in [-0.25, -0.2) is 17.9 Å². The zero-order chi connectivity index (χ0) is 17.2. The first-order valence-corrected chi connectivity index (χ1v) is 9.03. The van der Waals surface area contributed by atoms with E-state index in [4.69, 9.17) is 5.14 Å². The zero-order valence-electron chi connectivity index (χ0n) is 13.3. The summed E-state index contributed by atoms with van der Waals surface area (Å²) in [7, 11) is -0.0928. The van der Waals surface area contributed by atoms with E-state index in [-0.39, 0.29) is 16.5 Å². The van der Waals surface area contributed by atoms with Crippen LogP contribution in [0.3, 0.4) is 0 Å². The number of nitrogens with two attached hydrogens (primary N) is 1. The second-order valence-corrected chi connectivity index (χ2v) is 7.61. The molecule has 1 aliphatic rings. The number of likely N-dealkylation sites (N-methyl/N-ethyl adjacent to an activating group) is 1. The molecule has 0 radical (unpaired) electrons. The van der Waals surface area contributed by atoms with E-state index in [9.17, 15) is 17.6 Å². The Balaban J connectivity index is 2.32. The van der Waals surface area contributed by atoms with E-state index >= 15 is 0 Å². The van der Waals surface area contributed by atoms with Gasteiger partial charge in [-0.2, -0.15) is 0 Å². The number of primary sulfonamides is 1. The van der Waals surface area contributed by atoms with Gasteiger partial charge < -0.3 is 9.80 Å². The number of hydrogen-bond acceptors (Lipinski definition) is 4. The van der Waals surface area contributed by atoms with E-state index < -0.39 is 21.7 Å². The summed E-state index contributed by atoms with van der Waals surface area (Å²) in [6, 6.07) is 3.24. The Morgan fingerprint density at radius 3 is 2.65 bits per heavy atom. The number of carbonyl (C=O) groups excluding carboxylic acids is 1. The molecule has 1 aromatic rings. The third kappa shape index (κ3) is 4.27. The summed E-state index contributed by atoms with van der Waals surface area (Å²) in [5.74, 6) is -1.24. The van der Waals surface area contributed by atoms with Gasteiger partial charge in [-0.3, -0.25) is 4.79 Å². The maximum absolute atomic E-state index is 14.0. The summed E-state index contributed by atoms with van der Waals surface area (Å²) >= 11 is 0. The van der Waals surface area contributed by atoms with Gasteiger partial charge in [0.1, 0.15) is 5.82 Å². The van der Waals surface area contributed by atoms with Crippen molar-refractivity contribution in [3.8, 4) is 0 Å². The van der Waals surface area contributed by atoms with E-state index in [1.165, 1.54) is 0 Å². The van der Waals surface area contributed by atoms with Crippen LogP contribution in [0.2, 0.25) is 0 Å². The van der Waals surface area contributed by atoms with E-state index in [1.807, 2.05) is 19.0 Å². The molecule has 1 aromatic carbocycles. The highest BCUT2D eigenvalue weighted by molar-refractivity contribution is 7.89. The first kappa shape index (κ1) is 17.8. The van der Waals surface area contributed by atoms with Crippen LogP contribution < -0.4 is 5.14 Å². The molecule has 1 fully saturated rings. The van der Waals surface area contributed by atoms with Crippen LogP contribution in [0.5, 0.6) is 0 Å². The van der Waals surface area contributed by atoms with Crippen LogP contribution in [0.1, 0.15) is 29.6 Å². The standard InChI is InChI=1S/C15H22FN3O3S/c1-18(2)11-5-3-4-8-19(10-11)15(20)13-9-12(23(17,21)22)6-7-14(13)16/h6-7,9,11H,3-5,8,10H2,1-2H3,(H2,17,21,22)/t11-/m0/s1. The molecule has 128 valence electrons. The normalized spacial score (nSPS) is 19.7. The van der Waals surface area contributed by atoms with E-state index in [0.29, 0.717) is 13.1 Å².